The summed E-state index contributed by atoms with van der Waals surface area (Å²) in [6.07, 6.45) is 0.466. The fourth-order valence-electron chi connectivity index (χ4n) is 4.05. The van der Waals surface area contributed by atoms with Gasteiger partial charge >= 0.3 is 0 Å². The quantitative estimate of drug-likeness (QED) is 0.564. The van der Waals surface area contributed by atoms with Crippen molar-refractivity contribution in [3.8, 4) is 11.5 Å². The third-order valence-electron chi connectivity index (χ3n) is 5.69. The minimum Gasteiger partial charge on any atom is -0.486 e. The third kappa shape index (κ3) is 5.86. The fourth-order valence-corrected chi connectivity index (χ4v) is 5.74. The van der Waals surface area contributed by atoms with Crippen molar-refractivity contribution in [2.24, 2.45) is 0 Å². The first kappa shape index (κ1) is 24.0. The number of hydrogen-bond acceptors (Lipinski definition) is 8. The second-order valence-corrected chi connectivity index (χ2v) is 10.7. The number of aryl methyl sites for hydroxylation is 1. The minimum absolute atomic E-state index is 0.00173. The highest BCUT2D eigenvalue weighted by atomic mass is 32.2. The molecule has 1 unspecified atom stereocenters. The van der Waals surface area contributed by atoms with Crippen molar-refractivity contribution in [3.05, 3.63) is 30.0 Å². The zero-order valence-electron chi connectivity index (χ0n) is 19.2. The first-order valence-corrected chi connectivity index (χ1v) is 13.0. The van der Waals surface area contributed by atoms with Crippen LogP contribution in [0.15, 0.2) is 24.3 Å². The minimum atomic E-state index is -3.09. The lowest BCUT2D eigenvalue weighted by atomic mass is 10.2. The van der Waals surface area contributed by atoms with E-state index in [1.54, 1.807) is 40.8 Å². The number of anilines is 2. The number of benzene rings is 1. The summed E-state index contributed by atoms with van der Waals surface area (Å²) in [5.41, 5.74) is 1.27. The van der Waals surface area contributed by atoms with E-state index in [0.717, 1.165) is 0 Å². The van der Waals surface area contributed by atoms with Crippen molar-refractivity contribution in [2.45, 2.75) is 26.3 Å². The van der Waals surface area contributed by atoms with E-state index < -0.39 is 9.84 Å². The normalized spacial score (nSPS) is 18.6. The lowest BCUT2D eigenvalue weighted by Crippen LogP contribution is -2.39. The molecule has 1 atom stereocenters. The molecule has 0 saturated carbocycles. The largest absolute Gasteiger partial charge is 0.486 e. The van der Waals surface area contributed by atoms with Gasteiger partial charge in [0.15, 0.2) is 21.3 Å². The van der Waals surface area contributed by atoms with E-state index in [4.69, 9.17) is 9.47 Å². The summed E-state index contributed by atoms with van der Waals surface area (Å²) in [5, 5.41) is 10.0. The highest BCUT2D eigenvalue weighted by Gasteiger charge is 2.31. The highest BCUT2D eigenvalue weighted by Crippen LogP contribution is 2.32. The molecule has 34 heavy (non-hydrogen) atoms. The number of amides is 2. The molecule has 0 aliphatic carbocycles. The van der Waals surface area contributed by atoms with Gasteiger partial charge in [-0.15, -0.1) is 0 Å². The summed E-state index contributed by atoms with van der Waals surface area (Å²) < 4.78 is 36.3. The van der Waals surface area contributed by atoms with E-state index in [9.17, 15) is 18.0 Å². The predicted octanol–water partition coefficient (Wildman–Crippen LogP) is 1.22. The standard InChI is InChI=1S/C22H29N5O6S/c1-3-26(12-21(28)23-16-4-5-18-19(11-16)33-8-7-32-18)13-22(29)24-20-10-15(2)25-27(20)17-6-9-34(30,31)14-17/h4-5,10-11,17H,3,6-9,12-14H2,1-2H3,(H,23,28)(H,24,29). The van der Waals surface area contributed by atoms with E-state index in [2.05, 4.69) is 15.7 Å². The van der Waals surface area contributed by atoms with Gasteiger partial charge in [-0.25, -0.2) is 13.1 Å². The molecule has 1 fully saturated rings. The Hall–Kier alpha value is -3.12. The van der Waals surface area contributed by atoms with Crippen LogP contribution in [0, 0.1) is 6.92 Å². The van der Waals surface area contributed by atoms with Gasteiger partial charge < -0.3 is 20.1 Å². The number of carbonyl (C=O) groups excluding carboxylic acids is 2. The summed E-state index contributed by atoms with van der Waals surface area (Å²) >= 11 is 0. The molecule has 4 rings (SSSR count). The summed E-state index contributed by atoms with van der Waals surface area (Å²) in [5.74, 6) is 1.24. The van der Waals surface area contributed by atoms with Crippen LogP contribution >= 0.6 is 0 Å². The number of hydrogen-bond donors (Lipinski definition) is 2. The number of sulfone groups is 1. The molecule has 1 aromatic heterocycles. The molecule has 1 saturated heterocycles. The van der Waals surface area contributed by atoms with Crippen LogP contribution in [0.5, 0.6) is 11.5 Å². The lowest BCUT2D eigenvalue weighted by Gasteiger charge is -2.21. The smallest absolute Gasteiger partial charge is 0.239 e. The summed E-state index contributed by atoms with van der Waals surface area (Å²) in [7, 11) is -3.09. The van der Waals surface area contributed by atoms with Gasteiger partial charge in [-0.3, -0.25) is 14.5 Å². The second kappa shape index (κ2) is 10.0. The maximum Gasteiger partial charge on any atom is 0.239 e. The number of rotatable bonds is 8. The van der Waals surface area contributed by atoms with Crippen molar-refractivity contribution in [3.63, 3.8) is 0 Å². The maximum absolute atomic E-state index is 12.7. The zero-order valence-corrected chi connectivity index (χ0v) is 20.1. The van der Waals surface area contributed by atoms with Crippen LogP contribution in [-0.2, 0) is 19.4 Å². The van der Waals surface area contributed by atoms with Crippen LogP contribution in [0.3, 0.4) is 0 Å². The van der Waals surface area contributed by atoms with E-state index in [1.165, 1.54) is 0 Å². The Bertz CT molecular complexity index is 1180. The SMILES string of the molecule is CCN(CC(=O)Nc1ccc2c(c1)OCCO2)CC(=O)Nc1cc(C)nn1C1CCS(=O)(=O)C1. The van der Waals surface area contributed by atoms with Crippen LogP contribution in [0.4, 0.5) is 11.5 Å². The Morgan fingerprint density at radius 1 is 1.12 bits per heavy atom. The van der Waals surface area contributed by atoms with Gasteiger partial charge in [0.25, 0.3) is 0 Å². The lowest BCUT2D eigenvalue weighted by molar-refractivity contribution is -0.119. The Labute approximate surface area is 198 Å². The molecular weight excluding hydrogens is 462 g/mol. The fraction of sp³-hybridized carbons (Fsp3) is 0.500. The number of likely N-dealkylation sites (N-methyl/N-ethyl adjacent to an activating group) is 1. The van der Waals surface area contributed by atoms with Crippen molar-refractivity contribution < 1.29 is 27.5 Å². The van der Waals surface area contributed by atoms with Gasteiger partial charge in [-0.05, 0) is 32.0 Å². The Morgan fingerprint density at radius 3 is 2.50 bits per heavy atom. The summed E-state index contributed by atoms with van der Waals surface area (Å²) in [6, 6.07) is 6.61. The topological polar surface area (TPSA) is 132 Å². The monoisotopic (exact) mass is 491 g/mol. The molecule has 12 heteroatoms. The molecule has 0 spiro atoms. The molecule has 184 valence electrons. The Kier molecular flexibility index (Phi) is 7.08. The second-order valence-electron chi connectivity index (χ2n) is 8.43. The van der Waals surface area contributed by atoms with Crippen LogP contribution in [-0.4, -0.2) is 79.3 Å². The molecule has 11 nitrogen and oxygen atoms in total. The van der Waals surface area contributed by atoms with Crippen molar-refractivity contribution in [1.29, 1.82) is 0 Å². The molecule has 2 N–H and O–H groups in total. The summed E-state index contributed by atoms with van der Waals surface area (Å²) in [6.45, 7) is 5.11. The number of nitrogens with zero attached hydrogens (tertiary/aromatic N) is 3. The molecular formula is C22H29N5O6S. The Balaban J connectivity index is 1.33. The highest BCUT2D eigenvalue weighted by molar-refractivity contribution is 7.91. The maximum atomic E-state index is 12.7. The molecule has 2 aromatic rings. The van der Waals surface area contributed by atoms with E-state index in [0.29, 0.717) is 54.9 Å². The molecule has 2 amide bonds. The predicted molar refractivity (Wildman–Crippen MR) is 126 cm³/mol. The van der Waals surface area contributed by atoms with Crippen LogP contribution in [0.1, 0.15) is 25.1 Å². The van der Waals surface area contributed by atoms with E-state index in [1.807, 2.05) is 6.92 Å². The van der Waals surface area contributed by atoms with E-state index >= 15 is 0 Å². The number of carbonyl (C=O) groups is 2. The molecule has 2 aliphatic rings. The van der Waals surface area contributed by atoms with Gasteiger partial charge in [0, 0.05) is 17.8 Å². The van der Waals surface area contributed by atoms with Gasteiger partial charge in [-0.1, -0.05) is 6.92 Å². The van der Waals surface area contributed by atoms with Crippen LogP contribution in [0.2, 0.25) is 0 Å². The van der Waals surface area contributed by atoms with Crippen LogP contribution < -0.4 is 20.1 Å². The molecule has 2 aliphatic heterocycles. The average Bonchev–Trinajstić information content (AvgIpc) is 3.33. The number of nitrogens with one attached hydrogen (secondary N) is 2. The Morgan fingerprint density at radius 2 is 1.82 bits per heavy atom. The van der Waals surface area contributed by atoms with Gasteiger partial charge in [0.05, 0.1) is 36.3 Å². The molecule has 0 bridgehead atoms. The molecule has 1 aromatic carbocycles. The first-order chi connectivity index (χ1) is 16.2. The molecule has 3 heterocycles. The van der Waals surface area contributed by atoms with Gasteiger partial charge in [0.2, 0.25) is 11.8 Å². The first-order valence-electron chi connectivity index (χ1n) is 11.2. The number of fused-ring (bicyclic) bond motifs is 1. The van der Waals surface area contributed by atoms with Gasteiger partial charge in [0.1, 0.15) is 19.0 Å². The van der Waals surface area contributed by atoms with Crippen molar-refractivity contribution in [2.75, 3.05) is 55.0 Å². The van der Waals surface area contributed by atoms with Gasteiger partial charge in [-0.2, -0.15) is 5.10 Å². The number of aromatic nitrogens is 2. The van der Waals surface area contributed by atoms with Crippen molar-refractivity contribution >= 4 is 33.2 Å². The zero-order chi connectivity index (χ0) is 24.3. The van der Waals surface area contributed by atoms with Crippen LogP contribution in [0.25, 0.3) is 0 Å². The van der Waals surface area contributed by atoms with Crippen molar-refractivity contribution in [1.82, 2.24) is 14.7 Å². The number of ether oxygens (including phenoxy) is 2. The average molecular weight is 492 g/mol. The third-order valence-corrected chi connectivity index (χ3v) is 7.44. The van der Waals surface area contributed by atoms with E-state index in [-0.39, 0.29) is 42.5 Å². The molecule has 0 radical (unpaired) electrons. The summed E-state index contributed by atoms with van der Waals surface area (Å²) in [4.78, 5) is 27.0.